The Morgan fingerprint density at radius 1 is 1.15 bits per heavy atom. The lowest BCUT2D eigenvalue weighted by Gasteiger charge is -2.23. The van der Waals surface area contributed by atoms with E-state index in [1.807, 2.05) is 49.4 Å². The molecule has 1 heterocycles. The van der Waals surface area contributed by atoms with Gasteiger partial charge in [0, 0.05) is 30.8 Å². The van der Waals surface area contributed by atoms with Gasteiger partial charge in [-0.1, -0.05) is 59.6 Å². The number of carbonyl (C=O) groups is 2. The lowest BCUT2D eigenvalue weighted by atomic mass is 10.0. The Balaban J connectivity index is 1.56. The fraction of sp³-hybridized carbons (Fsp3) is 0.286. The van der Waals surface area contributed by atoms with Gasteiger partial charge >= 0.3 is 0 Å². The minimum absolute atomic E-state index is 0.0511. The van der Waals surface area contributed by atoms with Gasteiger partial charge in [-0.2, -0.15) is 5.10 Å². The van der Waals surface area contributed by atoms with Crippen LogP contribution < -0.4 is 5.32 Å². The van der Waals surface area contributed by atoms with Crippen molar-refractivity contribution in [2.45, 2.75) is 32.7 Å². The van der Waals surface area contributed by atoms with Gasteiger partial charge in [-0.15, -0.1) is 0 Å². The third kappa shape index (κ3) is 5.17. The number of halogens is 1. The van der Waals surface area contributed by atoms with Crippen LogP contribution in [0.25, 0.3) is 0 Å². The van der Waals surface area contributed by atoms with Crippen LogP contribution in [0.4, 0.5) is 0 Å². The van der Waals surface area contributed by atoms with Gasteiger partial charge in [0.05, 0.1) is 12.3 Å². The number of benzene rings is 2. The number of hydrogen-bond acceptors (Lipinski definition) is 3. The Hall–Kier alpha value is -2.66. The molecule has 0 bridgehead atoms. The van der Waals surface area contributed by atoms with Crippen LogP contribution in [-0.2, 0) is 16.1 Å². The maximum atomic E-state index is 12.1. The van der Waals surface area contributed by atoms with E-state index in [0.29, 0.717) is 24.4 Å². The van der Waals surface area contributed by atoms with Crippen LogP contribution >= 0.6 is 11.6 Å². The van der Waals surface area contributed by atoms with Crippen molar-refractivity contribution in [3.8, 4) is 0 Å². The summed E-state index contributed by atoms with van der Waals surface area (Å²) in [5.41, 5.74) is 3.94. The van der Waals surface area contributed by atoms with Crippen molar-refractivity contribution in [1.29, 1.82) is 0 Å². The molecule has 2 aromatic rings. The van der Waals surface area contributed by atoms with Crippen molar-refractivity contribution in [2.24, 2.45) is 5.10 Å². The number of amides is 2. The molecule has 27 heavy (non-hydrogen) atoms. The first-order chi connectivity index (χ1) is 13.0. The van der Waals surface area contributed by atoms with Crippen LogP contribution in [0.3, 0.4) is 0 Å². The van der Waals surface area contributed by atoms with Gasteiger partial charge in [-0.3, -0.25) is 9.59 Å². The van der Waals surface area contributed by atoms with Crippen LogP contribution in [0.1, 0.15) is 36.0 Å². The van der Waals surface area contributed by atoms with Crippen LogP contribution in [0.15, 0.2) is 53.6 Å². The molecule has 0 atom stereocenters. The first kappa shape index (κ1) is 19.1. The molecule has 0 spiro atoms. The molecular weight excluding hydrogens is 362 g/mol. The lowest BCUT2D eigenvalue weighted by Crippen LogP contribution is -2.35. The Kier molecular flexibility index (Phi) is 6.24. The fourth-order valence-corrected chi connectivity index (χ4v) is 3.06. The maximum Gasteiger partial charge on any atom is 0.243 e. The lowest BCUT2D eigenvalue weighted by molar-refractivity contribution is -0.132. The average Bonchev–Trinajstić information content (AvgIpc) is 2.67. The van der Waals surface area contributed by atoms with E-state index >= 15 is 0 Å². The van der Waals surface area contributed by atoms with Crippen molar-refractivity contribution in [3.05, 3.63) is 70.2 Å². The highest BCUT2D eigenvalue weighted by molar-refractivity contribution is 6.31. The highest BCUT2D eigenvalue weighted by Gasteiger charge is 2.21. The molecule has 3 rings (SSSR count). The SMILES string of the molecule is Cc1ccc(C2=NN(CCC(=O)NCc3ccccc3Cl)C(=O)CC2)cc1. The van der Waals surface area contributed by atoms with Crippen LogP contribution in [0.5, 0.6) is 0 Å². The van der Waals surface area contributed by atoms with Crippen molar-refractivity contribution >= 4 is 29.1 Å². The third-order valence-electron chi connectivity index (χ3n) is 4.47. The Labute approximate surface area is 164 Å². The molecule has 0 radical (unpaired) electrons. The largest absolute Gasteiger partial charge is 0.352 e. The zero-order valence-electron chi connectivity index (χ0n) is 15.2. The second-order valence-corrected chi connectivity index (χ2v) is 6.95. The van der Waals surface area contributed by atoms with E-state index in [2.05, 4.69) is 10.4 Å². The van der Waals surface area contributed by atoms with Crippen molar-refractivity contribution in [2.75, 3.05) is 6.54 Å². The quantitative estimate of drug-likeness (QED) is 0.827. The fourth-order valence-electron chi connectivity index (χ4n) is 2.86. The Morgan fingerprint density at radius 2 is 1.89 bits per heavy atom. The van der Waals surface area contributed by atoms with Gasteiger partial charge < -0.3 is 5.32 Å². The van der Waals surface area contributed by atoms with E-state index in [9.17, 15) is 9.59 Å². The predicted molar refractivity (Wildman–Crippen MR) is 107 cm³/mol. The smallest absolute Gasteiger partial charge is 0.243 e. The predicted octanol–water partition coefficient (Wildman–Crippen LogP) is 3.68. The molecule has 1 aliphatic heterocycles. The number of carbonyl (C=O) groups excluding carboxylic acids is 2. The monoisotopic (exact) mass is 383 g/mol. The number of nitrogens with zero attached hydrogens (tertiary/aromatic N) is 2. The molecule has 1 N–H and O–H groups in total. The van der Waals surface area contributed by atoms with Crippen molar-refractivity contribution in [3.63, 3.8) is 0 Å². The number of hydrazone groups is 1. The molecule has 2 amide bonds. The topological polar surface area (TPSA) is 61.8 Å². The number of hydrogen-bond donors (Lipinski definition) is 1. The van der Waals surface area contributed by atoms with Crippen molar-refractivity contribution < 1.29 is 9.59 Å². The van der Waals surface area contributed by atoms with E-state index in [-0.39, 0.29) is 24.8 Å². The highest BCUT2D eigenvalue weighted by atomic mass is 35.5. The standard InChI is InChI=1S/C21H22ClN3O2/c1-15-6-8-16(9-7-15)19-10-11-21(27)25(24-19)13-12-20(26)23-14-17-4-2-3-5-18(17)22/h2-9H,10-14H2,1H3,(H,23,26). The summed E-state index contributed by atoms with van der Waals surface area (Å²) in [6.07, 6.45) is 1.23. The van der Waals surface area contributed by atoms with E-state index in [1.54, 1.807) is 6.07 Å². The molecule has 0 saturated carbocycles. The summed E-state index contributed by atoms with van der Waals surface area (Å²) in [5.74, 6) is -0.190. The minimum Gasteiger partial charge on any atom is -0.352 e. The number of aryl methyl sites for hydroxylation is 1. The summed E-state index contributed by atoms with van der Waals surface area (Å²) in [4.78, 5) is 24.3. The average molecular weight is 384 g/mol. The summed E-state index contributed by atoms with van der Waals surface area (Å²) in [6.45, 7) is 2.66. The molecule has 0 unspecified atom stereocenters. The molecule has 2 aromatic carbocycles. The summed E-state index contributed by atoms with van der Waals surface area (Å²) < 4.78 is 0. The van der Waals surface area contributed by atoms with E-state index in [0.717, 1.165) is 16.8 Å². The van der Waals surface area contributed by atoms with Gasteiger partial charge in [-0.25, -0.2) is 5.01 Å². The van der Waals surface area contributed by atoms with Gasteiger partial charge in [0.2, 0.25) is 11.8 Å². The molecule has 0 aliphatic carbocycles. The van der Waals surface area contributed by atoms with E-state index in [4.69, 9.17) is 11.6 Å². The molecule has 140 valence electrons. The highest BCUT2D eigenvalue weighted by Crippen LogP contribution is 2.17. The summed E-state index contributed by atoms with van der Waals surface area (Å²) in [6, 6.07) is 15.5. The minimum atomic E-state index is -0.139. The molecule has 1 aliphatic rings. The Morgan fingerprint density at radius 3 is 2.63 bits per heavy atom. The van der Waals surface area contributed by atoms with Gasteiger partial charge in [0.15, 0.2) is 0 Å². The molecule has 0 fully saturated rings. The third-order valence-corrected chi connectivity index (χ3v) is 4.84. The summed E-state index contributed by atoms with van der Waals surface area (Å²) in [5, 5.41) is 9.33. The van der Waals surface area contributed by atoms with E-state index in [1.165, 1.54) is 10.6 Å². The maximum absolute atomic E-state index is 12.1. The normalized spacial score (nSPS) is 14.1. The van der Waals surface area contributed by atoms with Crippen LogP contribution in [0, 0.1) is 6.92 Å². The summed E-state index contributed by atoms with van der Waals surface area (Å²) in [7, 11) is 0. The molecular formula is C21H22ClN3O2. The zero-order valence-corrected chi connectivity index (χ0v) is 16.0. The second kappa shape index (κ2) is 8.82. The van der Waals surface area contributed by atoms with Crippen LogP contribution in [0.2, 0.25) is 5.02 Å². The molecule has 0 aromatic heterocycles. The number of nitrogens with one attached hydrogen (secondary N) is 1. The van der Waals surface area contributed by atoms with Gasteiger partial charge in [-0.05, 0) is 24.1 Å². The second-order valence-electron chi connectivity index (χ2n) is 6.55. The first-order valence-electron chi connectivity index (χ1n) is 8.98. The molecule has 0 saturated heterocycles. The first-order valence-corrected chi connectivity index (χ1v) is 9.36. The summed E-state index contributed by atoms with van der Waals surface area (Å²) >= 11 is 6.09. The van der Waals surface area contributed by atoms with E-state index < -0.39 is 0 Å². The van der Waals surface area contributed by atoms with Crippen LogP contribution in [-0.4, -0.2) is 29.1 Å². The Bertz CT molecular complexity index is 862. The molecule has 5 nitrogen and oxygen atoms in total. The van der Waals surface area contributed by atoms with Gasteiger partial charge in [0.1, 0.15) is 0 Å². The zero-order chi connectivity index (χ0) is 19.2. The van der Waals surface area contributed by atoms with Gasteiger partial charge in [0.25, 0.3) is 0 Å². The van der Waals surface area contributed by atoms with Crippen molar-refractivity contribution in [1.82, 2.24) is 10.3 Å². The molecule has 6 heteroatoms. The number of rotatable bonds is 6.